The number of aromatic carboxylic acids is 1. The Balaban J connectivity index is 2.49. The molecular weight excluding hydrogens is 264 g/mol. The van der Waals surface area contributed by atoms with Gasteiger partial charge in [-0.05, 0) is 31.2 Å². The maximum absolute atomic E-state index is 11.7. The molecule has 0 saturated heterocycles. The number of nitrogens with zero attached hydrogens (tertiary/aromatic N) is 2. The predicted octanol–water partition coefficient (Wildman–Crippen LogP) is 1.03. The summed E-state index contributed by atoms with van der Waals surface area (Å²) in [5, 5.41) is 21.9. The minimum atomic E-state index is -1.41. The van der Waals surface area contributed by atoms with E-state index in [2.05, 4.69) is 5.10 Å². The predicted molar refractivity (Wildman–Crippen MR) is 69.6 cm³/mol. The van der Waals surface area contributed by atoms with Crippen LogP contribution < -0.4 is 10.3 Å². The highest BCUT2D eigenvalue weighted by Gasteiger charge is 2.15. The molecule has 0 bridgehead atoms. The van der Waals surface area contributed by atoms with Gasteiger partial charge >= 0.3 is 5.97 Å². The first-order chi connectivity index (χ1) is 9.52. The van der Waals surface area contributed by atoms with Gasteiger partial charge in [0, 0.05) is 6.07 Å². The van der Waals surface area contributed by atoms with Crippen LogP contribution in [0, 0.1) is 0 Å². The zero-order valence-electron chi connectivity index (χ0n) is 10.6. The minimum Gasteiger partial charge on any atom is -0.505 e. The van der Waals surface area contributed by atoms with E-state index in [-0.39, 0.29) is 0 Å². The van der Waals surface area contributed by atoms with Crippen LogP contribution in [0.3, 0.4) is 0 Å². The van der Waals surface area contributed by atoms with E-state index in [0.29, 0.717) is 18.0 Å². The molecule has 0 spiro atoms. The van der Waals surface area contributed by atoms with Crippen molar-refractivity contribution in [1.29, 1.82) is 0 Å². The molecule has 0 aliphatic rings. The van der Waals surface area contributed by atoms with E-state index in [1.807, 2.05) is 6.92 Å². The van der Waals surface area contributed by atoms with Crippen molar-refractivity contribution >= 4 is 5.97 Å². The molecule has 2 aromatic rings. The first-order valence-corrected chi connectivity index (χ1v) is 5.82. The van der Waals surface area contributed by atoms with Gasteiger partial charge in [-0.25, -0.2) is 4.79 Å². The van der Waals surface area contributed by atoms with E-state index in [4.69, 9.17) is 9.84 Å². The Labute approximate surface area is 113 Å². The molecule has 7 nitrogen and oxygen atoms in total. The van der Waals surface area contributed by atoms with E-state index in [1.54, 1.807) is 24.3 Å². The number of aromatic nitrogens is 2. The van der Waals surface area contributed by atoms with Crippen molar-refractivity contribution in [2.75, 3.05) is 6.61 Å². The third-order valence-electron chi connectivity index (χ3n) is 2.51. The molecule has 0 radical (unpaired) electrons. The number of hydrogen-bond donors (Lipinski definition) is 2. The molecule has 20 heavy (non-hydrogen) atoms. The molecule has 1 heterocycles. The van der Waals surface area contributed by atoms with Crippen molar-refractivity contribution < 1.29 is 19.7 Å². The summed E-state index contributed by atoms with van der Waals surface area (Å²) in [6, 6.07) is 7.23. The van der Waals surface area contributed by atoms with Gasteiger partial charge in [-0.15, -0.1) is 0 Å². The number of carboxylic acids is 1. The quantitative estimate of drug-likeness (QED) is 0.865. The maximum Gasteiger partial charge on any atom is 0.360 e. The lowest BCUT2D eigenvalue weighted by Gasteiger charge is -2.08. The largest absolute Gasteiger partial charge is 0.505 e. The Morgan fingerprint density at radius 2 is 2.00 bits per heavy atom. The van der Waals surface area contributed by atoms with Crippen LogP contribution in [0.25, 0.3) is 5.69 Å². The number of aromatic hydroxyl groups is 1. The molecule has 0 unspecified atom stereocenters. The Morgan fingerprint density at radius 1 is 1.35 bits per heavy atom. The fraction of sp³-hybridized carbons (Fsp3) is 0.154. The van der Waals surface area contributed by atoms with Crippen LogP contribution >= 0.6 is 0 Å². The van der Waals surface area contributed by atoms with E-state index in [9.17, 15) is 14.7 Å². The van der Waals surface area contributed by atoms with Crippen LogP contribution in [-0.4, -0.2) is 32.6 Å². The zero-order valence-corrected chi connectivity index (χ0v) is 10.6. The molecule has 1 aromatic carbocycles. The average molecular weight is 276 g/mol. The summed E-state index contributed by atoms with van der Waals surface area (Å²) < 4.78 is 6.17. The number of hydrogen-bond acceptors (Lipinski definition) is 5. The van der Waals surface area contributed by atoms with E-state index in [1.165, 1.54) is 0 Å². The van der Waals surface area contributed by atoms with Crippen LogP contribution in [-0.2, 0) is 0 Å². The zero-order chi connectivity index (χ0) is 14.7. The number of rotatable bonds is 4. The highest BCUT2D eigenvalue weighted by molar-refractivity contribution is 5.88. The Hall–Kier alpha value is -2.83. The van der Waals surface area contributed by atoms with Crippen molar-refractivity contribution in [3.63, 3.8) is 0 Å². The smallest absolute Gasteiger partial charge is 0.360 e. The summed E-state index contributed by atoms with van der Waals surface area (Å²) >= 11 is 0. The fourth-order valence-electron chi connectivity index (χ4n) is 1.63. The highest BCUT2D eigenvalue weighted by atomic mass is 16.5. The van der Waals surface area contributed by atoms with Crippen LogP contribution in [0.4, 0.5) is 0 Å². The fourth-order valence-corrected chi connectivity index (χ4v) is 1.63. The van der Waals surface area contributed by atoms with Gasteiger partial charge in [-0.3, -0.25) is 4.79 Å². The van der Waals surface area contributed by atoms with Crippen LogP contribution in [0.2, 0.25) is 0 Å². The van der Waals surface area contributed by atoms with E-state index >= 15 is 0 Å². The summed E-state index contributed by atoms with van der Waals surface area (Å²) in [6.45, 7) is 2.36. The lowest BCUT2D eigenvalue weighted by molar-refractivity contribution is 0.0684. The summed E-state index contributed by atoms with van der Waals surface area (Å²) in [5.74, 6) is -1.45. The monoisotopic (exact) mass is 276 g/mol. The molecule has 2 rings (SSSR count). The first-order valence-electron chi connectivity index (χ1n) is 5.82. The maximum atomic E-state index is 11.7. The molecule has 0 amide bonds. The molecule has 1 aromatic heterocycles. The summed E-state index contributed by atoms with van der Waals surface area (Å²) in [4.78, 5) is 22.6. The van der Waals surface area contributed by atoms with Crippen molar-refractivity contribution in [1.82, 2.24) is 9.78 Å². The van der Waals surface area contributed by atoms with Gasteiger partial charge in [-0.2, -0.15) is 9.78 Å². The number of carboxylic acid groups (broad SMARTS) is 1. The van der Waals surface area contributed by atoms with Gasteiger partial charge in [0.25, 0.3) is 5.56 Å². The number of ether oxygens (including phenoxy) is 1. The molecule has 0 aliphatic heterocycles. The van der Waals surface area contributed by atoms with Gasteiger partial charge in [-0.1, -0.05) is 0 Å². The van der Waals surface area contributed by atoms with Crippen LogP contribution in [0.1, 0.15) is 17.4 Å². The van der Waals surface area contributed by atoms with Crippen LogP contribution in [0.5, 0.6) is 11.5 Å². The van der Waals surface area contributed by atoms with Gasteiger partial charge in [0.1, 0.15) is 5.75 Å². The number of benzene rings is 1. The molecular formula is C13H12N2O5. The Morgan fingerprint density at radius 3 is 2.55 bits per heavy atom. The normalized spacial score (nSPS) is 10.2. The lowest BCUT2D eigenvalue weighted by Crippen LogP contribution is -2.23. The SMILES string of the molecule is CCOc1ccc(-n2nc(C(=O)O)c(O)cc2=O)cc1. The standard InChI is InChI=1S/C13H12N2O5/c1-2-20-9-5-3-8(4-6-9)15-11(17)7-10(16)12(14-15)13(18)19/h3-7,16H,2H2,1H3,(H,18,19). The minimum absolute atomic E-state index is 0.376. The van der Waals surface area contributed by atoms with Gasteiger partial charge in [0.2, 0.25) is 5.69 Å². The molecule has 0 fully saturated rings. The van der Waals surface area contributed by atoms with Gasteiger partial charge < -0.3 is 14.9 Å². The third kappa shape index (κ3) is 2.61. The second kappa shape index (κ2) is 5.43. The number of carbonyl (C=O) groups is 1. The lowest BCUT2D eigenvalue weighted by atomic mass is 10.3. The van der Waals surface area contributed by atoms with E-state index < -0.39 is 23.0 Å². The van der Waals surface area contributed by atoms with Crippen molar-refractivity contribution in [2.24, 2.45) is 0 Å². The summed E-state index contributed by atoms with van der Waals surface area (Å²) in [5.41, 5.74) is -0.837. The molecule has 2 N–H and O–H groups in total. The highest BCUT2D eigenvalue weighted by Crippen LogP contribution is 2.16. The molecule has 0 atom stereocenters. The average Bonchev–Trinajstić information content (AvgIpc) is 2.40. The van der Waals surface area contributed by atoms with E-state index in [0.717, 1.165) is 10.7 Å². The Bertz CT molecular complexity index is 691. The molecule has 104 valence electrons. The second-order valence-electron chi connectivity index (χ2n) is 3.86. The summed E-state index contributed by atoms with van der Waals surface area (Å²) in [6.07, 6.45) is 0. The Kier molecular flexibility index (Phi) is 3.69. The molecule has 7 heteroatoms. The first kappa shape index (κ1) is 13.6. The van der Waals surface area contributed by atoms with Crippen LogP contribution in [0.15, 0.2) is 35.1 Å². The van der Waals surface area contributed by atoms with Crippen molar-refractivity contribution in [3.05, 3.63) is 46.4 Å². The van der Waals surface area contributed by atoms with Crippen molar-refractivity contribution in [3.8, 4) is 17.2 Å². The van der Waals surface area contributed by atoms with Gasteiger partial charge in [0.15, 0.2) is 5.75 Å². The van der Waals surface area contributed by atoms with Crippen molar-refractivity contribution in [2.45, 2.75) is 6.92 Å². The molecule has 0 aliphatic carbocycles. The molecule has 0 saturated carbocycles. The second-order valence-corrected chi connectivity index (χ2v) is 3.86. The van der Waals surface area contributed by atoms with Gasteiger partial charge in [0.05, 0.1) is 12.3 Å². The summed E-state index contributed by atoms with van der Waals surface area (Å²) in [7, 11) is 0. The topological polar surface area (TPSA) is 102 Å². The third-order valence-corrected chi connectivity index (χ3v) is 2.51.